The summed E-state index contributed by atoms with van der Waals surface area (Å²) in [6, 6.07) is 19.6. The number of H-pyrrole nitrogens is 1. The molecule has 4 aromatic rings. The molecule has 180 valence electrons. The monoisotopic (exact) mass is 490 g/mol. The third-order valence-electron chi connectivity index (χ3n) is 6.33. The second kappa shape index (κ2) is 9.20. The van der Waals surface area contributed by atoms with E-state index >= 15 is 0 Å². The van der Waals surface area contributed by atoms with Gasteiger partial charge in [0.15, 0.2) is 11.5 Å². The molecule has 0 spiro atoms. The summed E-state index contributed by atoms with van der Waals surface area (Å²) < 4.78 is 40.1. The molecule has 0 saturated heterocycles. The summed E-state index contributed by atoms with van der Waals surface area (Å²) in [7, 11) is -3.97. The van der Waals surface area contributed by atoms with Gasteiger partial charge in [-0.05, 0) is 54.1 Å². The van der Waals surface area contributed by atoms with Crippen LogP contribution in [0.25, 0.3) is 10.9 Å². The molecule has 0 saturated carbocycles. The van der Waals surface area contributed by atoms with Crippen molar-refractivity contribution in [1.29, 1.82) is 0 Å². The van der Waals surface area contributed by atoms with Gasteiger partial charge in [0.2, 0.25) is 10.0 Å². The lowest BCUT2D eigenvalue weighted by Crippen LogP contribution is -2.32. The van der Waals surface area contributed by atoms with Crippen molar-refractivity contribution in [3.63, 3.8) is 0 Å². The Balaban J connectivity index is 1.57. The van der Waals surface area contributed by atoms with Crippen LogP contribution in [0.2, 0.25) is 0 Å². The molecule has 0 aliphatic carbocycles. The number of aryl methyl sites for hydroxylation is 2. The predicted molar refractivity (Wildman–Crippen MR) is 134 cm³/mol. The van der Waals surface area contributed by atoms with E-state index in [4.69, 9.17) is 9.47 Å². The van der Waals surface area contributed by atoms with E-state index < -0.39 is 10.0 Å². The lowest BCUT2D eigenvalue weighted by Gasteiger charge is -2.24. The van der Waals surface area contributed by atoms with Gasteiger partial charge in [-0.1, -0.05) is 42.5 Å². The highest BCUT2D eigenvalue weighted by molar-refractivity contribution is 7.89. The Labute approximate surface area is 204 Å². The number of nitrogens with one attached hydrogen (secondary N) is 1. The molecule has 1 aliphatic rings. The van der Waals surface area contributed by atoms with E-state index in [1.54, 1.807) is 12.1 Å². The van der Waals surface area contributed by atoms with Crippen LogP contribution in [0.4, 0.5) is 0 Å². The molecule has 0 bridgehead atoms. The molecule has 0 amide bonds. The van der Waals surface area contributed by atoms with E-state index in [2.05, 4.69) is 4.98 Å². The maximum absolute atomic E-state index is 13.8. The molecule has 0 fully saturated rings. The molecule has 8 heteroatoms. The quantitative estimate of drug-likeness (QED) is 0.435. The SMILES string of the molecule is Cc1ccc2cc(CN(Cc3ccccc3)S(=O)(=O)c3ccc4c(c3)OCCO4)c(=O)[nH]c2c1C. The summed E-state index contributed by atoms with van der Waals surface area (Å²) in [4.78, 5) is 16.1. The molecule has 35 heavy (non-hydrogen) atoms. The van der Waals surface area contributed by atoms with E-state index in [1.807, 2.05) is 56.3 Å². The highest BCUT2D eigenvalue weighted by Crippen LogP contribution is 2.34. The van der Waals surface area contributed by atoms with Gasteiger partial charge in [0.05, 0.1) is 10.4 Å². The summed E-state index contributed by atoms with van der Waals surface area (Å²) in [6.45, 7) is 4.76. The Hall–Kier alpha value is -3.62. The number of hydrogen-bond donors (Lipinski definition) is 1. The number of nitrogens with zero attached hydrogens (tertiary/aromatic N) is 1. The number of fused-ring (bicyclic) bond motifs is 2. The minimum absolute atomic E-state index is 0.0795. The third kappa shape index (κ3) is 4.54. The van der Waals surface area contributed by atoms with E-state index in [9.17, 15) is 13.2 Å². The molecule has 2 heterocycles. The fourth-order valence-corrected chi connectivity index (χ4v) is 5.65. The first-order valence-corrected chi connectivity index (χ1v) is 12.8. The summed E-state index contributed by atoms with van der Waals surface area (Å²) in [5.74, 6) is 0.910. The molecule has 3 aromatic carbocycles. The van der Waals surface area contributed by atoms with E-state index in [-0.39, 0.29) is 23.5 Å². The van der Waals surface area contributed by atoms with Crippen LogP contribution >= 0.6 is 0 Å². The standard InChI is InChI=1S/C27H26N2O5S/c1-18-8-9-21-14-22(27(30)28-26(21)19(18)2)17-29(16-20-6-4-3-5-7-20)35(31,32)23-10-11-24-25(15-23)34-13-12-33-24/h3-11,14-15H,12-13,16-17H2,1-2H3,(H,28,30). The Morgan fingerprint density at radius 1 is 0.886 bits per heavy atom. The van der Waals surface area contributed by atoms with Gasteiger partial charge < -0.3 is 14.5 Å². The average molecular weight is 491 g/mol. The van der Waals surface area contributed by atoms with Crippen molar-refractivity contribution >= 4 is 20.9 Å². The van der Waals surface area contributed by atoms with Crippen molar-refractivity contribution < 1.29 is 17.9 Å². The zero-order valence-electron chi connectivity index (χ0n) is 19.6. The minimum atomic E-state index is -3.97. The van der Waals surface area contributed by atoms with Crippen LogP contribution in [-0.2, 0) is 23.1 Å². The van der Waals surface area contributed by atoms with Crippen molar-refractivity contribution in [3.05, 3.63) is 99.3 Å². The maximum atomic E-state index is 13.8. The summed E-state index contributed by atoms with van der Waals surface area (Å²) >= 11 is 0. The predicted octanol–water partition coefficient (Wildman–Crippen LogP) is 4.31. The highest BCUT2D eigenvalue weighted by atomic mass is 32.2. The molecule has 7 nitrogen and oxygen atoms in total. The normalized spacial score (nSPS) is 13.3. The third-order valence-corrected chi connectivity index (χ3v) is 8.12. The number of hydrogen-bond acceptors (Lipinski definition) is 5. The first-order valence-electron chi connectivity index (χ1n) is 11.4. The first-order chi connectivity index (χ1) is 16.8. The lowest BCUT2D eigenvalue weighted by molar-refractivity contribution is 0.171. The van der Waals surface area contributed by atoms with Crippen LogP contribution in [-0.4, -0.2) is 30.9 Å². The molecule has 0 atom stereocenters. The van der Waals surface area contributed by atoms with Gasteiger partial charge in [-0.2, -0.15) is 4.31 Å². The van der Waals surface area contributed by atoms with Gasteiger partial charge in [-0.25, -0.2) is 8.42 Å². The van der Waals surface area contributed by atoms with Crippen molar-refractivity contribution in [2.24, 2.45) is 0 Å². The number of benzene rings is 3. The molecule has 5 rings (SSSR count). The number of aromatic amines is 1. The van der Waals surface area contributed by atoms with E-state index in [0.29, 0.717) is 30.3 Å². The Morgan fingerprint density at radius 2 is 1.63 bits per heavy atom. The van der Waals surface area contributed by atoms with Gasteiger partial charge in [0.25, 0.3) is 5.56 Å². The first kappa shape index (κ1) is 23.1. The average Bonchev–Trinajstić information content (AvgIpc) is 2.87. The number of pyridine rings is 1. The van der Waals surface area contributed by atoms with Gasteiger partial charge in [-0.3, -0.25) is 4.79 Å². The van der Waals surface area contributed by atoms with Crippen LogP contribution in [0.5, 0.6) is 11.5 Å². The lowest BCUT2D eigenvalue weighted by atomic mass is 10.0. The van der Waals surface area contributed by atoms with Gasteiger partial charge >= 0.3 is 0 Å². The number of ether oxygens (including phenoxy) is 2. The molecule has 1 N–H and O–H groups in total. The Bertz CT molecular complexity index is 1560. The number of sulfonamides is 1. The van der Waals surface area contributed by atoms with E-state index in [1.165, 1.54) is 16.4 Å². The van der Waals surface area contributed by atoms with Crippen molar-refractivity contribution in [2.45, 2.75) is 31.8 Å². The zero-order valence-corrected chi connectivity index (χ0v) is 20.4. The van der Waals surface area contributed by atoms with E-state index in [0.717, 1.165) is 27.6 Å². The zero-order chi connectivity index (χ0) is 24.6. The molecule has 1 aromatic heterocycles. The molecule has 1 aliphatic heterocycles. The minimum Gasteiger partial charge on any atom is -0.486 e. The molecular formula is C27H26N2O5S. The second-order valence-corrected chi connectivity index (χ2v) is 10.6. The van der Waals surface area contributed by atoms with Crippen LogP contribution in [0, 0.1) is 13.8 Å². The van der Waals surface area contributed by atoms with Crippen LogP contribution in [0.15, 0.2) is 76.4 Å². The van der Waals surface area contributed by atoms with Crippen molar-refractivity contribution in [1.82, 2.24) is 9.29 Å². The number of aromatic nitrogens is 1. The maximum Gasteiger partial charge on any atom is 0.252 e. The summed E-state index contributed by atoms with van der Waals surface area (Å²) in [5.41, 5.74) is 3.73. The van der Waals surface area contributed by atoms with Crippen molar-refractivity contribution in [2.75, 3.05) is 13.2 Å². The highest BCUT2D eigenvalue weighted by Gasteiger charge is 2.28. The fourth-order valence-electron chi connectivity index (χ4n) is 4.22. The van der Waals surface area contributed by atoms with Gasteiger partial charge in [-0.15, -0.1) is 0 Å². The van der Waals surface area contributed by atoms with Crippen LogP contribution < -0.4 is 15.0 Å². The fraction of sp³-hybridized carbons (Fsp3) is 0.222. The van der Waals surface area contributed by atoms with Crippen LogP contribution in [0.3, 0.4) is 0 Å². The van der Waals surface area contributed by atoms with Gasteiger partial charge in [0, 0.05) is 24.7 Å². The van der Waals surface area contributed by atoms with Crippen molar-refractivity contribution in [3.8, 4) is 11.5 Å². The molecule has 0 radical (unpaired) electrons. The Kier molecular flexibility index (Phi) is 6.08. The topological polar surface area (TPSA) is 88.7 Å². The Morgan fingerprint density at radius 3 is 2.40 bits per heavy atom. The smallest absolute Gasteiger partial charge is 0.252 e. The number of rotatable bonds is 6. The summed E-state index contributed by atoms with van der Waals surface area (Å²) in [6.07, 6.45) is 0. The van der Waals surface area contributed by atoms with Gasteiger partial charge in [0.1, 0.15) is 13.2 Å². The van der Waals surface area contributed by atoms with Crippen LogP contribution in [0.1, 0.15) is 22.3 Å². The second-order valence-electron chi connectivity index (χ2n) is 8.66. The largest absolute Gasteiger partial charge is 0.486 e. The summed E-state index contributed by atoms with van der Waals surface area (Å²) in [5, 5.41) is 0.860. The molecular weight excluding hydrogens is 464 g/mol. The molecule has 0 unspecified atom stereocenters.